The molecule has 6 rings (SSSR count). The standard InChI is InChI=1S/C24H25BF2N4O4/c1-23(2)24(3,4)35-25(34-23)12-9-15-19-16(10-12)32-8-6-5-7-31(19)21(29-15)13-11-14(26)20-18(17(13)27)30-22(28)33-20/h9-11H,5-8H2,1-4H3,(H2,28,30). The SMILES string of the molecule is CC1(C)OB(c2cc3c4c(c2)nc(-c2cc(F)c5oc(N)nc5c2F)n4CCCCO3)OC1(C)C. The Bertz CT molecular complexity index is 1480. The quantitative estimate of drug-likeness (QED) is 0.428. The van der Waals surface area contributed by atoms with Gasteiger partial charge < -0.3 is 28.8 Å². The molecule has 2 aromatic carbocycles. The van der Waals surface area contributed by atoms with Crippen LogP contribution in [0.4, 0.5) is 14.8 Å². The number of benzene rings is 2. The largest absolute Gasteiger partial charge is 0.495 e. The van der Waals surface area contributed by atoms with Gasteiger partial charge in [-0.3, -0.25) is 0 Å². The molecule has 2 aliphatic heterocycles. The lowest BCUT2D eigenvalue weighted by atomic mass is 9.78. The fraction of sp³-hybridized carbons (Fsp3) is 0.417. The molecule has 4 aromatic rings. The maximum absolute atomic E-state index is 15.5. The summed E-state index contributed by atoms with van der Waals surface area (Å²) in [5.41, 5.74) is 5.93. The lowest BCUT2D eigenvalue weighted by molar-refractivity contribution is 0.00578. The van der Waals surface area contributed by atoms with E-state index >= 15 is 4.39 Å². The van der Waals surface area contributed by atoms with E-state index in [0.717, 1.165) is 24.4 Å². The molecule has 0 aliphatic carbocycles. The summed E-state index contributed by atoms with van der Waals surface area (Å²) in [6.07, 6.45) is 1.59. The summed E-state index contributed by atoms with van der Waals surface area (Å²) in [7, 11) is -0.619. The van der Waals surface area contributed by atoms with Crippen molar-refractivity contribution >= 4 is 40.7 Å². The number of halogens is 2. The van der Waals surface area contributed by atoms with Gasteiger partial charge in [-0.25, -0.2) is 13.8 Å². The van der Waals surface area contributed by atoms with Crippen molar-refractivity contribution in [1.82, 2.24) is 14.5 Å². The molecule has 182 valence electrons. The molecule has 8 nitrogen and oxygen atoms in total. The van der Waals surface area contributed by atoms with Crippen molar-refractivity contribution in [3.63, 3.8) is 0 Å². The van der Waals surface area contributed by atoms with Crippen LogP contribution < -0.4 is 15.9 Å². The van der Waals surface area contributed by atoms with E-state index in [0.29, 0.717) is 29.9 Å². The van der Waals surface area contributed by atoms with Gasteiger partial charge in [0.25, 0.3) is 6.01 Å². The number of oxazole rings is 1. The molecule has 0 atom stereocenters. The Morgan fingerprint density at radius 2 is 1.77 bits per heavy atom. The predicted octanol–water partition coefficient (Wildman–Crippen LogP) is 4.18. The number of fused-ring (bicyclic) bond motifs is 1. The van der Waals surface area contributed by atoms with E-state index in [1.165, 1.54) is 0 Å². The van der Waals surface area contributed by atoms with Gasteiger partial charge in [-0.15, -0.1) is 0 Å². The molecule has 1 saturated heterocycles. The second-order valence-corrected chi connectivity index (χ2v) is 10.1. The Morgan fingerprint density at radius 1 is 1.03 bits per heavy atom. The van der Waals surface area contributed by atoms with Gasteiger partial charge in [-0.05, 0) is 64.2 Å². The summed E-state index contributed by atoms with van der Waals surface area (Å²) in [5.74, 6) is -0.638. The van der Waals surface area contributed by atoms with Crippen LogP contribution in [-0.2, 0) is 15.9 Å². The highest BCUT2D eigenvalue weighted by Crippen LogP contribution is 2.39. The topological polar surface area (TPSA) is 97.6 Å². The van der Waals surface area contributed by atoms with Crippen LogP contribution in [0.1, 0.15) is 40.5 Å². The van der Waals surface area contributed by atoms with Gasteiger partial charge >= 0.3 is 7.12 Å². The fourth-order valence-corrected chi connectivity index (χ4v) is 4.65. The Balaban J connectivity index is 1.56. The van der Waals surface area contributed by atoms with Crippen LogP contribution in [0.3, 0.4) is 0 Å². The van der Waals surface area contributed by atoms with Gasteiger partial charge in [0.1, 0.15) is 17.1 Å². The molecule has 11 heteroatoms. The second kappa shape index (κ2) is 7.41. The third-order valence-corrected chi connectivity index (χ3v) is 7.21. The Morgan fingerprint density at radius 3 is 2.51 bits per heavy atom. The van der Waals surface area contributed by atoms with E-state index in [-0.39, 0.29) is 28.5 Å². The zero-order valence-corrected chi connectivity index (χ0v) is 19.9. The molecular formula is C24H25BF2N4O4. The fourth-order valence-electron chi connectivity index (χ4n) is 4.65. The Hall–Kier alpha value is -3.18. The van der Waals surface area contributed by atoms with E-state index in [1.807, 2.05) is 44.4 Å². The number of anilines is 1. The summed E-state index contributed by atoms with van der Waals surface area (Å²) in [4.78, 5) is 8.56. The van der Waals surface area contributed by atoms with Crippen molar-refractivity contribution in [3.05, 3.63) is 29.8 Å². The molecule has 2 N–H and O–H groups in total. The Labute approximate surface area is 200 Å². The molecule has 1 fully saturated rings. The van der Waals surface area contributed by atoms with E-state index < -0.39 is 30.0 Å². The van der Waals surface area contributed by atoms with Gasteiger partial charge in [0.05, 0.1) is 28.9 Å². The highest BCUT2D eigenvalue weighted by atomic mass is 19.1. The molecule has 0 spiro atoms. The minimum absolute atomic E-state index is 0.0248. The first-order chi connectivity index (χ1) is 16.6. The van der Waals surface area contributed by atoms with Gasteiger partial charge in [-0.2, -0.15) is 4.98 Å². The summed E-state index contributed by atoms with van der Waals surface area (Å²) in [6.45, 7) is 9.04. The minimum Gasteiger partial charge on any atom is -0.491 e. The third-order valence-electron chi connectivity index (χ3n) is 7.21. The van der Waals surface area contributed by atoms with Crippen LogP contribution in [0.15, 0.2) is 22.6 Å². The first-order valence-corrected chi connectivity index (χ1v) is 11.6. The van der Waals surface area contributed by atoms with Crippen LogP contribution in [0, 0.1) is 11.6 Å². The first-order valence-electron chi connectivity index (χ1n) is 11.6. The number of aryl methyl sites for hydroxylation is 1. The monoisotopic (exact) mass is 482 g/mol. The van der Waals surface area contributed by atoms with E-state index in [1.54, 1.807) is 0 Å². The van der Waals surface area contributed by atoms with Gasteiger partial charge in [0.15, 0.2) is 22.7 Å². The molecule has 35 heavy (non-hydrogen) atoms. The summed E-state index contributed by atoms with van der Waals surface area (Å²) in [5, 5.41) is 0. The first kappa shape index (κ1) is 22.3. The molecule has 0 radical (unpaired) electrons. The van der Waals surface area contributed by atoms with Gasteiger partial charge in [0, 0.05) is 6.54 Å². The van der Waals surface area contributed by atoms with Gasteiger partial charge in [-0.1, -0.05) is 0 Å². The molecule has 0 unspecified atom stereocenters. The zero-order chi connectivity index (χ0) is 24.7. The van der Waals surface area contributed by atoms with Crippen molar-refractivity contribution in [2.24, 2.45) is 0 Å². The predicted molar refractivity (Wildman–Crippen MR) is 128 cm³/mol. The van der Waals surface area contributed by atoms with E-state index in [2.05, 4.69) is 4.98 Å². The number of ether oxygens (including phenoxy) is 1. The smallest absolute Gasteiger partial charge is 0.491 e. The molecule has 2 aromatic heterocycles. The van der Waals surface area contributed by atoms with Crippen molar-refractivity contribution in [1.29, 1.82) is 0 Å². The average Bonchev–Trinajstić information content (AvgIpc) is 3.40. The normalized spacial score (nSPS) is 19.2. The van der Waals surface area contributed by atoms with Gasteiger partial charge in [0.2, 0.25) is 0 Å². The number of nitrogen functional groups attached to an aromatic ring is 1. The number of imidazole rings is 1. The highest BCUT2D eigenvalue weighted by Gasteiger charge is 2.52. The van der Waals surface area contributed by atoms with Crippen molar-refractivity contribution < 1.29 is 27.2 Å². The van der Waals surface area contributed by atoms with Crippen molar-refractivity contribution in [3.8, 4) is 17.1 Å². The molecule has 0 saturated carbocycles. The number of nitrogens with two attached hydrogens (primary N) is 1. The minimum atomic E-state index is -0.763. The maximum Gasteiger partial charge on any atom is 0.495 e. The summed E-state index contributed by atoms with van der Waals surface area (Å²) >= 11 is 0. The molecule has 0 bridgehead atoms. The zero-order valence-electron chi connectivity index (χ0n) is 19.9. The second-order valence-electron chi connectivity index (χ2n) is 10.1. The van der Waals surface area contributed by atoms with Crippen LogP contribution in [0.2, 0.25) is 0 Å². The molecular weight excluding hydrogens is 457 g/mol. The number of rotatable bonds is 2. The lowest BCUT2D eigenvalue weighted by Gasteiger charge is -2.32. The molecule has 0 amide bonds. The maximum atomic E-state index is 15.5. The van der Waals surface area contributed by atoms with E-state index in [4.69, 9.17) is 29.2 Å². The van der Waals surface area contributed by atoms with Crippen LogP contribution in [0.5, 0.6) is 5.75 Å². The summed E-state index contributed by atoms with van der Waals surface area (Å²) in [6, 6.07) is 4.51. The molecule has 2 aliphatic rings. The average molecular weight is 482 g/mol. The number of aromatic nitrogens is 3. The van der Waals surface area contributed by atoms with Crippen molar-refractivity contribution in [2.75, 3.05) is 12.3 Å². The molecule has 4 heterocycles. The number of hydrogen-bond acceptors (Lipinski definition) is 7. The third kappa shape index (κ3) is 3.32. The highest BCUT2D eigenvalue weighted by molar-refractivity contribution is 6.62. The van der Waals surface area contributed by atoms with Crippen LogP contribution in [-0.4, -0.2) is 39.5 Å². The Kier molecular flexibility index (Phi) is 4.72. The lowest BCUT2D eigenvalue weighted by Crippen LogP contribution is -2.41. The van der Waals surface area contributed by atoms with Crippen molar-refractivity contribution in [2.45, 2.75) is 58.3 Å². The van der Waals surface area contributed by atoms with Crippen LogP contribution in [0.25, 0.3) is 33.5 Å². The van der Waals surface area contributed by atoms with Crippen LogP contribution >= 0.6 is 0 Å². The number of hydrogen-bond donors (Lipinski definition) is 1. The number of nitrogens with zero attached hydrogens (tertiary/aromatic N) is 3. The van der Waals surface area contributed by atoms with E-state index in [9.17, 15) is 4.39 Å². The summed E-state index contributed by atoms with van der Waals surface area (Å²) < 4.78 is 55.8.